The highest BCUT2D eigenvalue weighted by Gasteiger charge is 2.05. The minimum absolute atomic E-state index is 0.0443. The van der Waals surface area contributed by atoms with Crippen molar-refractivity contribution in [2.45, 2.75) is 19.1 Å². The Bertz CT molecular complexity index is 230. The number of nitriles is 1. The molecule has 4 heteroatoms. The Hall–Kier alpha value is -0.560. The van der Waals surface area contributed by atoms with Gasteiger partial charge in [0.15, 0.2) is 0 Å². The minimum atomic E-state index is -2.23. The van der Waals surface area contributed by atoms with Crippen LogP contribution in [0.4, 0.5) is 0 Å². The van der Waals surface area contributed by atoms with E-state index in [4.69, 9.17) is 5.26 Å². The van der Waals surface area contributed by atoms with Gasteiger partial charge in [-0.3, -0.25) is 0 Å². The molecule has 0 unspecified atom stereocenters. The number of hydrogen-bond donors (Lipinski definition) is 0. The fourth-order valence-electron chi connectivity index (χ4n) is 0.186. The SMILES string of the molecule is CC(C)[S@@](C)(=O)=NC#N. The van der Waals surface area contributed by atoms with Gasteiger partial charge in [0.1, 0.15) is 0 Å². The molecule has 0 fully saturated rings. The second kappa shape index (κ2) is 2.83. The predicted octanol–water partition coefficient (Wildman–Crippen LogP) is 0.974. The monoisotopic (exact) mass is 146 g/mol. The second-order valence-corrected chi connectivity index (χ2v) is 4.95. The zero-order valence-electron chi connectivity index (χ0n) is 5.79. The van der Waals surface area contributed by atoms with Gasteiger partial charge in [-0.15, -0.1) is 4.36 Å². The van der Waals surface area contributed by atoms with E-state index in [2.05, 4.69) is 4.36 Å². The Kier molecular flexibility index (Phi) is 2.65. The van der Waals surface area contributed by atoms with Crippen LogP contribution in [-0.2, 0) is 9.73 Å². The molecule has 0 N–H and O–H groups in total. The van der Waals surface area contributed by atoms with E-state index >= 15 is 0 Å². The van der Waals surface area contributed by atoms with Gasteiger partial charge in [0.05, 0.1) is 9.73 Å². The first-order chi connectivity index (χ1) is 4.00. The van der Waals surface area contributed by atoms with Crippen molar-refractivity contribution in [1.29, 1.82) is 5.26 Å². The molecule has 0 radical (unpaired) electrons. The highest BCUT2D eigenvalue weighted by molar-refractivity contribution is 7.93. The molecule has 0 aromatic rings. The van der Waals surface area contributed by atoms with E-state index in [0.717, 1.165) is 0 Å². The summed E-state index contributed by atoms with van der Waals surface area (Å²) in [5, 5.41) is 8.01. The number of hydrogen-bond acceptors (Lipinski definition) is 3. The van der Waals surface area contributed by atoms with Crippen LogP contribution >= 0.6 is 0 Å². The summed E-state index contributed by atoms with van der Waals surface area (Å²) in [7, 11) is -2.23. The van der Waals surface area contributed by atoms with Gasteiger partial charge in [0.2, 0.25) is 6.19 Å². The first-order valence-electron chi connectivity index (χ1n) is 2.60. The predicted molar refractivity (Wildman–Crippen MR) is 37.2 cm³/mol. The van der Waals surface area contributed by atoms with Crippen molar-refractivity contribution in [3.8, 4) is 6.19 Å². The van der Waals surface area contributed by atoms with E-state index in [1.54, 1.807) is 13.8 Å². The average Bonchev–Trinajstić information content (AvgIpc) is 1.65. The van der Waals surface area contributed by atoms with Crippen molar-refractivity contribution in [2.75, 3.05) is 6.26 Å². The maximum atomic E-state index is 11.1. The first-order valence-corrected chi connectivity index (χ1v) is 4.58. The van der Waals surface area contributed by atoms with Crippen LogP contribution in [0.2, 0.25) is 0 Å². The zero-order valence-corrected chi connectivity index (χ0v) is 6.60. The third kappa shape index (κ3) is 2.47. The van der Waals surface area contributed by atoms with Crippen molar-refractivity contribution < 1.29 is 4.21 Å². The molecule has 0 saturated carbocycles. The third-order valence-electron chi connectivity index (χ3n) is 1.10. The standard InChI is InChI=1S/C5H10N2OS/c1-5(2)9(3,8)7-4-6/h5H,1-3H3/t9-/m1/s1. The minimum Gasteiger partial charge on any atom is -0.249 e. The van der Waals surface area contributed by atoms with Crippen LogP contribution < -0.4 is 0 Å². The largest absolute Gasteiger partial charge is 0.249 e. The summed E-state index contributed by atoms with van der Waals surface area (Å²) in [5.74, 6) is 0. The molecule has 0 rings (SSSR count). The smallest absolute Gasteiger partial charge is 0.214 e. The zero-order chi connectivity index (χ0) is 7.49. The quantitative estimate of drug-likeness (QED) is 0.518. The Morgan fingerprint density at radius 2 is 2.11 bits per heavy atom. The van der Waals surface area contributed by atoms with Crippen LogP contribution in [0.1, 0.15) is 13.8 Å². The normalized spacial score (nSPS) is 16.3. The molecule has 0 aromatic heterocycles. The number of nitrogens with zero attached hydrogens (tertiary/aromatic N) is 2. The van der Waals surface area contributed by atoms with Gasteiger partial charge < -0.3 is 0 Å². The molecule has 0 bridgehead atoms. The second-order valence-electron chi connectivity index (χ2n) is 2.10. The Morgan fingerprint density at radius 1 is 1.67 bits per heavy atom. The Morgan fingerprint density at radius 3 is 2.22 bits per heavy atom. The summed E-state index contributed by atoms with van der Waals surface area (Å²) in [6.07, 6.45) is 3.03. The van der Waals surface area contributed by atoms with Crippen LogP contribution in [0, 0.1) is 11.5 Å². The van der Waals surface area contributed by atoms with Gasteiger partial charge in [-0.1, -0.05) is 13.8 Å². The van der Waals surface area contributed by atoms with Gasteiger partial charge in [-0.25, -0.2) is 4.21 Å². The van der Waals surface area contributed by atoms with Crippen LogP contribution in [0.3, 0.4) is 0 Å². The molecule has 0 aromatic carbocycles. The fourth-order valence-corrected chi connectivity index (χ4v) is 0.559. The molecule has 0 aliphatic heterocycles. The third-order valence-corrected chi connectivity index (χ3v) is 3.29. The molecule has 0 aliphatic rings. The lowest BCUT2D eigenvalue weighted by atomic mass is 10.6. The lowest BCUT2D eigenvalue weighted by molar-refractivity contribution is 0.674. The van der Waals surface area contributed by atoms with Gasteiger partial charge in [0.25, 0.3) is 0 Å². The molecule has 0 amide bonds. The van der Waals surface area contributed by atoms with E-state index in [1.165, 1.54) is 12.4 Å². The van der Waals surface area contributed by atoms with Crippen molar-refractivity contribution >= 4 is 9.73 Å². The van der Waals surface area contributed by atoms with Gasteiger partial charge in [-0.2, -0.15) is 5.26 Å². The molecule has 0 heterocycles. The van der Waals surface area contributed by atoms with Crippen molar-refractivity contribution in [3.05, 3.63) is 0 Å². The number of rotatable bonds is 1. The fraction of sp³-hybridized carbons (Fsp3) is 0.800. The molecule has 1 atom stereocenters. The lowest BCUT2D eigenvalue weighted by Crippen LogP contribution is -2.10. The highest BCUT2D eigenvalue weighted by atomic mass is 32.2. The lowest BCUT2D eigenvalue weighted by Gasteiger charge is -2.02. The summed E-state index contributed by atoms with van der Waals surface area (Å²) in [6.45, 7) is 3.56. The van der Waals surface area contributed by atoms with E-state index in [-0.39, 0.29) is 5.25 Å². The van der Waals surface area contributed by atoms with Crippen LogP contribution in [0.15, 0.2) is 4.36 Å². The molecule has 0 aliphatic carbocycles. The summed E-state index contributed by atoms with van der Waals surface area (Å²) in [4.78, 5) is 0. The average molecular weight is 146 g/mol. The van der Waals surface area contributed by atoms with E-state index in [1.807, 2.05) is 0 Å². The summed E-state index contributed by atoms with van der Waals surface area (Å²) in [5.41, 5.74) is 0. The topological polar surface area (TPSA) is 53.2 Å². The molecule has 52 valence electrons. The van der Waals surface area contributed by atoms with Crippen molar-refractivity contribution in [3.63, 3.8) is 0 Å². The van der Waals surface area contributed by atoms with Crippen LogP contribution in [0.25, 0.3) is 0 Å². The Labute approximate surface area is 55.9 Å². The Balaban J connectivity index is 4.66. The highest BCUT2D eigenvalue weighted by Crippen LogP contribution is 1.99. The first kappa shape index (κ1) is 8.44. The molecule has 3 nitrogen and oxygen atoms in total. The maximum Gasteiger partial charge on any atom is 0.214 e. The van der Waals surface area contributed by atoms with Crippen molar-refractivity contribution in [2.24, 2.45) is 4.36 Å². The van der Waals surface area contributed by atoms with Crippen LogP contribution in [0.5, 0.6) is 0 Å². The van der Waals surface area contributed by atoms with Gasteiger partial charge >= 0.3 is 0 Å². The molecule has 9 heavy (non-hydrogen) atoms. The molecule has 0 saturated heterocycles. The maximum absolute atomic E-state index is 11.1. The van der Waals surface area contributed by atoms with E-state index < -0.39 is 9.73 Å². The van der Waals surface area contributed by atoms with E-state index in [9.17, 15) is 4.21 Å². The van der Waals surface area contributed by atoms with Gasteiger partial charge in [0, 0.05) is 11.5 Å². The van der Waals surface area contributed by atoms with E-state index in [0.29, 0.717) is 0 Å². The molecular weight excluding hydrogens is 136 g/mol. The summed E-state index contributed by atoms with van der Waals surface area (Å²) < 4.78 is 14.4. The van der Waals surface area contributed by atoms with Crippen molar-refractivity contribution in [1.82, 2.24) is 0 Å². The van der Waals surface area contributed by atoms with Gasteiger partial charge in [-0.05, 0) is 0 Å². The van der Waals surface area contributed by atoms with Crippen LogP contribution in [-0.4, -0.2) is 15.7 Å². The molecular formula is C5H10N2OS. The molecule has 0 spiro atoms. The summed E-state index contributed by atoms with van der Waals surface area (Å²) in [6, 6.07) is 0. The summed E-state index contributed by atoms with van der Waals surface area (Å²) >= 11 is 0.